The van der Waals surface area contributed by atoms with Crippen LogP contribution in [-0.4, -0.2) is 47.9 Å². The van der Waals surface area contributed by atoms with E-state index in [0.717, 1.165) is 5.56 Å². The van der Waals surface area contributed by atoms with E-state index in [-0.39, 0.29) is 11.7 Å². The highest BCUT2D eigenvalue weighted by Gasteiger charge is 2.27. The fraction of sp³-hybridized carbons (Fsp3) is 0.263. The SMILES string of the molecule is COc1cccc(NC(=O)[C@H](Cc2cc(OC)ccc2OC)c2nn[nH]n2)c1. The van der Waals surface area contributed by atoms with Crippen LogP contribution in [0, 0.1) is 0 Å². The molecule has 0 bridgehead atoms. The van der Waals surface area contributed by atoms with Gasteiger partial charge in [-0.25, -0.2) is 0 Å². The highest BCUT2D eigenvalue weighted by atomic mass is 16.5. The molecule has 2 N–H and O–H groups in total. The number of rotatable bonds is 8. The van der Waals surface area contributed by atoms with E-state index in [1.807, 2.05) is 6.07 Å². The number of amides is 1. The first-order chi connectivity index (χ1) is 13.6. The average molecular weight is 383 g/mol. The van der Waals surface area contributed by atoms with E-state index in [1.165, 1.54) is 0 Å². The summed E-state index contributed by atoms with van der Waals surface area (Å²) in [5, 5.41) is 16.9. The van der Waals surface area contributed by atoms with Gasteiger partial charge in [-0.3, -0.25) is 4.79 Å². The third kappa shape index (κ3) is 4.37. The van der Waals surface area contributed by atoms with Crippen molar-refractivity contribution in [3.63, 3.8) is 0 Å². The van der Waals surface area contributed by atoms with Gasteiger partial charge < -0.3 is 19.5 Å². The van der Waals surface area contributed by atoms with Gasteiger partial charge in [-0.1, -0.05) is 11.3 Å². The number of carbonyl (C=O) groups excluding carboxylic acids is 1. The quantitative estimate of drug-likeness (QED) is 0.613. The summed E-state index contributed by atoms with van der Waals surface area (Å²) < 4.78 is 15.9. The molecule has 1 amide bonds. The number of nitrogens with zero attached hydrogens (tertiary/aromatic N) is 3. The number of hydrogen-bond donors (Lipinski definition) is 2. The lowest BCUT2D eigenvalue weighted by atomic mass is 9.96. The average Bonchev–Trinajstić information content (AvgIpc) is 3.26. The maximum absolute atomic E-state index is 13.0. The molecule has 0 aliphatic rings. The molecule has 2 aromatic carbocycles. The van der Waals surface area contributed by atoms with Gasteiger partial charge in [-0.15, -0.1) is 10.2 Å². The van der Waals surface area contributed by atoms with E-state index >= 15 is 0 Å². The van der Waals surface area contributed by atoms with E-state index in [9.17, 15) is 4.79 Å². The number of tetrazole rings is 1. The van der Waals surface area contributed by atoms with Crippen molar-refractivity contribution >= 4 is 11.6 Å². The number of hydrogen-bond acceptors (Lipinski definition) is 7. The largest absolute Gasteiger partial charge is 0.497 e. The molecule has 9 heteroatoms. The van der Waals surface area contributed by atoms with Crippen LogP contribution in [0.25, 0.3) is 0 Å². The molecule has 0 saturated carbocycles. The van der Waals surface area contributed by atoms with Crippen molar-refractivity contribution in [2.24, 2.45) is 0 Å². The number of aromatic nitrogens is 4. The Kier molecular flexibility index (Phi) is 6.05. The summed E-state index contributed by atoms with van der Waals surface area (Å²) in [7, 11) is 4.72. The van der Waals surface area contributed by atoms with E-state index in [1.54, 1.807) is 57.7 Å². The van der Waals surface area contributed by atoms with Gasteiger partial charge in [0, 0.05) is 11.8 Å². The third-order valence-electron chi connectivity index (χ3n) is 4.24. The first-order valence-electron chi connectivity index (χ1n) is 8.53. The molecule has 0 fully saturated rings. The summed E-state index contributed by atoms with van der Waals surface area (Å²) in [5.74, 6) is 1.26. The maximum Gasteiger partial charge on any atom is 0.235 e. The Labute approximate surface area is 162 Å². The van der Waals surface area contributed by atoms with Crippen LogP contribution < -0.4 is 19.5 Å². The summed E-state index contributed by atoms with van der Waals surface area (Å²) in [6.45, 7) is 0. The number of ether oxygens (including phenoxy) is 3. The second-order valence-electron chi connectivity index (χ2n) is 5.93. The lowest BCUT2D eigenvalue weighted by Crippen LogP contribution is -2.24. The van der Waals surface area contributed by atoms with E-state index in [0.29, 0.717) is 29.4 Å². The Morgan fingerprint density at radius 3 is 2.54 bits per heavy atom. The molecule has 1 atom stereocenters. The molecule has 146 valence electrons. The number of H-pyrrole nitrogens is 1. The fourth-order valence-corrected chi connectivity index (χ4v) is 2.81. The van der Waals surface area contributed by atoms with Crippen LogP contribution >= 0.6 is 0 Å². The molecule has 1 aromatic heterocycles. The minimum Gasteiger partial charge on any atom is -0.497 e. The van der Waals surface area contributed by atoms with Gasteiger partial charge in [0.05, 0.1) is 21.3 Å². The number of methoxy groups -OCH3 is 3. The van der Waals surface area contributed by atoms with Gasteiger partial charge >= 0.3 is 0 Å². The molecular formula is C19H21N5O4. The van der Waals surface area contributed by atoms with Crippen molar-refractivity contribution in [2.75, 3.05) is 26.6 Å². The van der Waals surface area contributed by atoms with Crippen molar-refractivity contribution in [3.8, 4) is 17.2 Å². The first kappa shape index (κ1) is 19.2. The van der Waals surface area contributed by atoms with Crippen LogP contribution in [0.4, 0.5) is 5.69 Å². The smallest absolute Gasteiger partial charge is 0.235 e. The molecule has 0 spiro atoms. The standard InChI is InChI=1S/C19H21N5O4/c1-26-14-6-4-5-13(11-14)20-19(25)16(18-21-23-24-22-18)10-12-9-15(27-2)7-8-17(12)28-3/h4-9,11,16H,10H2,1-3H3,(H,20,25)(H,21,22,23,24)/t16-/m1/s1. The first-order valence-corrected chi connectivity index (χ1v) is 8.53. The molecule has 0 radical (unpaired) electrons. The van der Waals surface area contributed by atoms with Crippen LogP contribution in [-0.2, 0) is 11.2 Å². The third-order valence-corrected chi connectivity index (χ3v) is 4.24. The Morgan fingerprint density at radius 2 is 1.86 bits per heavy atom. The Balaban J connectivity index is 1.89. The Hall–Kier alpha value is -3.62. The van der Waals surface area contributed by atoms with Crippen LogP contribution in [0.2, 0.25) is 0 Å². The minimum atomic E-state index is -0.689. The van der Waals surface area contributed by atoms with Crippen molar-refractivity contribution in [1.29, 1.82) is 0 Å². The van der Waals surface area contributed by atoms with Gasteiger partial charge in [-0.2, -0.15) is 5.21 Å². The maximum atomic E-state index is 13.0. The van der Waals surface area contributed by atoms with E-state index < -0.39 is 5.92 Å². The number of carbonyl (C=O) groups is 1. The predicted octanol–water partition coefficient (Wildman–Crippen LogP) is 2.19. The van der Waals surface area contributed by atoms with E-state index in [4.69, 9.17) is 14.2 Å². The van der Waals surface area contributed by atoms with Crippen LogP contribution in [0.1, 0.15) is 17.3 Å². The van der Waals surface area contributed by atoms with E-state index in [2.05, 4.69) is 25.9 Å². The van der Waals surface area contributed by atoms with Crippen LogP contribution in [0.3, 0.4) is 0 Å². The second kappa shape index (κ2) is 8.85. The molecule has 1 heterocycles. The van der Waals surface area contributed by atoms with Crippen LogP contribution in [0.5, 0.6) is 17.2 Å². The Bertz CT molecular complexity index is 930. The molecule has 0 aliphatic heterocycles. The van der Waals surface area contributed by atoms with Gasteiger partial charge in [-0.05, 0) is 42.3 Å². The number of aromatic amines is 1. The van der Waals surface area contributed by atoms with Crippen LogP contribution in [0.15, 0.2) is 42.5 Å². The lowest BCUT2D eigenvalue weighted by molar-refractivity contribution is -0.117. The summed E-state index contributed by atoms with van der Waals surface area (Å²) in [4.78, 5) is 13.0. The minimum absolute atomic E-state index is 0.278. The fourth-order valence-electron chi connectivity index (χ4n) is 2.81. The highest BCUT2D eigenvalue weighted by Crippen LogP contribution is 2.29. The molecule has 0 unspecified atom stereocenters. The van der Waals surface area contributed by atoms with Gasteiger partial charge in [0.15, 0.2) is 5.82 Å². The predicted molar refractivity (Wildman–Crippen MR) is 102 cm³/mol. The molecule has 3 rings (SSSR count). The summed E-state index contributed by atoms with van der Waals surface area (Å²) in [6.07, 6.45) is 0.301. The summed E-state index contributed by atoms with van der Waals surface area (Å²) in [6, 6.07) is 12.5. The molecule has 0 saturated heterocycles. The number of nitrogens with one attached hydrogen (secondary N) is 2. The van der Waals surface area contributed by atoms with Gasteiger partial charge in [0.2, 0.25) is 5.91 Å². The summed E-state index contributed by atoms with van der Waals surface area (Å²) in [5.41, 5.74) is 1.40. The van der Waals surface area contributed by atoms with Crippen molar-refractivity contribution in [1.82, 2.24) is 20.6 Å². The molecule has 0 aliphatic carbocycles. The lowest BCUT2D eigenvalue weighted by Gasteiger charge is -2.16. The zero-order valence-corrected chi connectivity index (χ0v) is 15.8. The second-order valence-corrected chi connectivity index (χ2v) is 5.93. The molecule has 3 aromatic rings. The molecule has 28 heavy (non-hydrogen) atoms. The van der Waals surface area contributed by atoms with Gasteiger partial charge in [0.25, 0.3) is 0 Å². The van der Waals surface area contributed by atoms with Crippen molar-refractivity contribution in [3.05, 3.63) is 53.9 Å². The monoisotopic (exact) mass is 383 g/mol. The molecular weight excluding hydrogens is 362 g/mol. The highest BCUT2D eigenvalue weighted by molar-refractivity contribution is 5.95. The zero-order valence-electron chi connectivity index (χ0n) is 15.8. The van der Waals surface area contributed by atoms with Crippen molar-refractivity contribution < 1.29 is 19.0 Å². The normalized spacial score (nSPS) is 11.5. The summed E-state index contributed by atoms with van der Waals surface area (Å²) >= 11 is 0. The number of anilines is 1. The number of benzene rings is 2. The zero-order chi connectivity index (χ0) is 19.9. The Morgan fingerprint density at radius 1 is 1.07 bits per heavy atom. The van der Waals surface area contributed by atoms with Crippen molar-refractivity contribution in [2.45, 2.75) is 12.3 Å². The topological polar surface area (TPSA) is 111 Å². The molecule has 9 nitrogen and oxygen atoms in total. The van der Waals surface area contributed by atoms with Gasteiger partial charge in [0.1, 0.15) is 23.2 Å².